The fourth-order valence-electron chi connectivity index (χ4n) is 1.21. The summed E-state index contributed by atoms with van der Waals surface area (Å²) in [5.74, 6) is -0.104. The Balaban J connectivity index is 2.53. The maximum atomic E-state index is 11.5. The molecule has 0 fully saturated rings. The number of rotatable bonds is 8. The van der Waals surface area contributed by atoms with Gasteiger partial charge in [0.25, 0.3) is 0 Å². The van der Waals surface area contributed by atoms with Crippen LogP contribution in [0.3, 0.4) is 0 Å². The Bertz CT molecular complexity index is 429. The fourth-order valence-corrected chi connectivity index (χ4v) is 2.28. The van der Waals surface area contributed by atoms with Crippen LogP contribution in [0, 0.1) is 0 Å². The smallest absolute Gasteiger partial charge is 0.232 e. The van der Waals surface area contributed by atoms with E-state index in [1.807, 2.05) is 0 Å². The maximum Gasteiger partial charge on any atom is 0.232 e. The molecule has 0 atom stereocenters. The van der Waals surface area contributed by atoms with Gasteiger partial charge in [0.05, 0.1) is 30.8 Å². The van der Waals surface area contributed by atoms with Crippen molar-refractivity contribution < 1.29 is 18.3 Å². The minimum atomic E-state index is -3.40. The molecule has 0 saturated carbocycles. The normalized spacial score (nSPS) is 11.6. The molecule has 0 aliphatic heterocycles. The Morgan fingerprint density at radius 2 is 2.35 bits per heavy atom. The molecule has 1 heterocycles. The Morgan fingerprint density at radius 3 is 3.00 bits per heavy atom. The number of nitrogens with zero attached hydrogens (tertiary/aromatic N) is 2. The van der Waals surface area contributed by atoms with Gasteiger partial charge in [0.15, 0.2) is 0 Å². The van der Waals surface area contributed by atoms with E-state index in [2.05, 4.69) is 9.82 Å². The summed E-state index contributed by atoms with van der Waals surface area (Å²) in [5, 5.41) is 12.6. The number of aliphatic hydroxyl groups is 1. The van der Waals surface area contributed by atoms with Crippen molar-refractivity contribution in [1.82, 2.24) is 9.78 Å². The number of aliphatic hydroxyl groups excluding tert-OH is 1. The molecule has 1 rings (SSSR count). The third kappa shape index (κ3) is 5.16. The van der Waals surface area contributed by atoms with E-state index in [0.29, 0.717) is 18.8 Å². The number of hydrogen-bond donors (Lipinski definition) is 2. The van der Waals surface area contributed by atoms with Gasteiger partial charge in [0, 0.05) is 19.9 Å². The Kier molecular flexibility index (Phi) is 5.39. The van der Waals surface area contributed by atoms with Crippen LogP contribution in [0.4, 0.5) is 5.69 Å². The van der Waals surface area contributed by atoms with Crippen molar-refractivity contribution in [3.63, 3.8) is 0 Å². The Labute approximate surface area is 100 Å². The van der Waals surface area contributed by atoms with Crippen molar-refractivity contribution in [2.45, 2.75) is 13.0 Å². The highest BCUT2D eigenvalue weighted by atomic mass is 32.2. The number of hydrogen-bond acceptors (Lipinski definition) is 5. The van der Waals surface area contributed by atoms with E-state index in [1.165, 1.54) is 6.20 Å². The summed E-state index contributed by atoms with van der Waals surface area (Å²) in [6, 6.07) is 0. The predicted molar refractivity (Wildman–Crippen MR) is 63.2 cm³/mol. The molecular weight excluding hydrogens is 246 g/mol. The van der Waals surface area contributed by atoms with Crippen LogP contribution in [-0.2, 0) is 21.3 Å². The first-order valence-corrected chi connectivity index (χ1v) is 6.85. The summed E-state index contributed by atoms with van der Waals surface area (Å²) in [7, 11) is -1.81. The number of sulfonamides is 1. The van der Waals surface area contributed by atoms with Crippen LogP contribution in [0.5, 0.6) is 0 Å². The summed E-state index contributed by atoms with van der Waals surface area (Å²) in [6.45, 7) is 0.932. The van der Waals surface area contributed by atoms with Crippen molar-refractivity contribution in [2.24, 2.45) is 0 Å². The zero-order valence-corrected chi connectivity index (χ0v) is 10.5. The number of ether oxygens (including phenoxy) is 1. The lowest BCUT2D eigenvalue weighted by molar-refractivity contribution is 0.183. The van der Waals surface area contributed by atoms with Crippen LogP contribution in [-0.4, -0.2) is 49.4 Å². The van der Waals surface area contributed by atoms with E-state index in [0.717, 1.165) is 0 Å². The molecule has 0 spiro atoms. The lowest BCUT2D eigenvalue weighted by atomic mass is 10.5. The summed E-state index contributed by atoms with van der Waals surface area (Å²) in [6.07, 6.45) is 3.24. The van der Waals surface area contributed by atoms with Gasteiger partial charge in [-0.05, 0) is 6.42 Å². The van der Waals surface area contributed by atoms with Gasteiger partial charge in [-0.3, -0.25) is 9.40 Å². The van der Waals surface area contributed by atoms with Crippen molar-refractivity contribution in [3.8, 4) is 0 Å². The number of nitrogens with one attached hydrogen (secondary N) is 1. The first-order chi connectivity index (χ1) is 8.07. The van der Waals surface area contributed by atoms with Gasteiger partial charge in [0.1, 0.15) is 0 Å². The van der Waals surface area contributed by atoms with Crippen LogP contribution >= 0.6 is 0 Å². The summed E-state index contributed by atoms with van der Waals surface area (Å²) >= 11 is 0. The molecular formula is C9H17N3O4S. The SMILES string of the molecule is COCCn1cc(NS(=O)(=O)CCCO)cn1. The van der Waals surface area contributed by atoms with E-state index < -0.39 is 10.0 Å². The van der Waals surface area contributed by atoms with Crippen LogP contribution < -0.4 is 4.72 Å². The van der Waals surface area contributed by atoms with Gasteiger partial charge in [-0.25, -0.2) is 8.42 Å². The highest BCUT2D eigenvalue weighted by Crippen LogP contribution is 2.08. The molecule has 1 aromatic rings. The fraction of sp³-hybridized carbons (Fsp3) is 0.667. The molecule has 0 aliphatic rings. The third-order valence-corrected chi connectivity index (χ3v) is 3.38. The molecule has 0 aromatic carbocycles. The second-order valence-corrected chi connectivity index (χ2v) is 5.32. The van der Waals surface area contributed by atoms with E-state index in [4.69, 9.17) is 9.84 Å². The quantitative estimate of drug-likeness (QED) is 0.669. The third-order valence-electron chi connectivity index (χ3n) is 2.00. The predicted octanol–water partition coefficient (Wildman–Crippen LogP) is -0.346. The van der Waals surface area contributed by atoms with Gasteiger partial charge in [-0.2, -0.15) is 5.10 Å². The number of methoxy groups -OCH3 is 1. The lowest BCUT2D eigenvalue weighted by Crippen LogP contribution is -2.17. The summed E-state index contributed by atoms with van der Waals surface area (Å²) in [4.78, 5) is 0. The largest absolute Gasteiger partial charge is 0.396 e. The molecule has 2 N–H and O–H groups in total. The van der Waals surface area contributed by atoms with Crippen molar-refractivity contribution >= 4 is 15.7 Å². The zero-order chi connectivity index (χ0) is 12.7. The topological polar surface area (TPSA) is 93.5 Å². The highest BCUT2D eigenvalue weighted by molar-refractivity contribution is 7.92. The second kappa shape index (κ2) is 6.58. The minimum Gasteiger partial charge on any atom is -0.396 e. The molecule has 0 radical (unpaired) electrons. The maximum absolute atomic E-state index is 11.5. The van der Waals surface area contributed by atoms with Crippen LogP contribution in [0.2, 0.25) is 0 Å². The molecule has 8 heteroatoms. The second-order valence-electron chi connectivity index (χ2n) is 3.48. The first-order valence-electron chi connectivity index (χ1n) is 5.20. The van der Waals surface area contributed by atoms with E-state index in [-0.39, 0.29) is 18.8 Å². The average molecular weight is 263 g/mol. The van der Waals surface area contributed by atoms with Gasteiger partial charge in [-0.1, -0.05) is 0 Å². The Morgan fingerprint density at radius 1 is 1.59 bits per heavy atom. The first kappa shape index (κ1) is 13.9. The average Bonchev–Trinajstić information content (AvgIpc) is 2.70. The molecule has 0 saturated heterocycles. The van der Waals surface area contributed by atoms with Crippen molar-refractivity contribution in [1.29, 1.82) is 0 Å². The molecule has 1 aromatic heterocycles. The lowest BCUT2D eigenvalue weighted by Gasteiger charge is -2.04. The van der Waals surface area contributed by atoms with Gasteiger partial charge in [-0.15, -0.1) is 0 Å². The standard InChI is InChI=1S/C9H17N3O4S/c1-16-5-3-12-8-9(7-10-12)11-17(14,15)6-2-4-13/h7-8,11,13H,2-6H2,1H3. The molecule has 0 aliphatic carbocycles. The number of aromatic nitrogens is 2. The van der Waals surface area contributed by atoms with Gasteiger partial charge >= 0.3 is 0 Å². The summed E-state index contributed by atoms with van der Waals surface area (Å²) < 4.78 is 31.9. The molecule has 0 unspecified atom stereocenters. The van der Waals surface area contributed by atoms with Crippen LogP contribution in [0.25, 0.3) is 0 Å². The molecule has 98 valence electrons. The van der Waals surface area contributed by atoms with Crippen molar-refractivity contribution in [3.05, 3.63) is 12.4 Å². The van der Waals surface area contributed by atoms with Crippen LogP contribution in [0.1, 0.15) is 6.42 Å². The monoisotopic (exact) mass is 263 g/mol. The molecule has 17 heavy (non-hydrogen) atoms. The van der Waals surface area contributed by atoms with E-state index in [9.17, 15) is 8.42 Å². The van der Waals surface area contributed by atoms with Gasteiger partial charge < -0.3 is 9.84 Å². The van der Waals surface area contributed by atoms with Crippen molar-refractivity contribution in [2.75, 3.05) is 30.8 Å². The summed E-state index contributed by atoms with van der Waals surface area (Å²) in [5.41, 5.74) is 0.416. The van der Waals surface area contributed by atoms with E-state index in [1.54, 1.807) is 18.0 Å². The molecule has 0 bridgehead atoms. The highest BCUT2D eigenvalue weighted by Gasteiger charge is 2.10. The van der Waals surface area contributed by atoms with E-state index >= 15 is 0 Å². The van der Waals surface area contributed by atoms with Crippen LogP contribution in [0.15, 0.2) is 12.4 Å². The molecule has 0 amide bonds. The number of anilines is 1. The Hall–Kier alpha value is -1.12. The minimum absolute atomic E-state index is 0.104. The van der Waals surface area contributed by atoms with Gasteiger partial charge in [0.2, 0.25) is 10.0 Å². The molecule has 7 nitrogen and oxygen atoms in total. The zero-order valence-electron chi connectivity index (χ0n) is 9.66.